The maximum atomic E-state index is 9.33. The number of quaternary nitrogens is 1. The van der Waals surface area contributed by atoms with Crippen LogP contribution in [0.3, 0.4) is 0 Å². The third-order valence-electron chi connectivity index (χ3n) is 2.63. The zero-order valence-electron chi connectivity index (χ0n) is 10.7. The first kappa shape index (κ1) is 18.0. The summed E-state index contributed by atoms with van der Waals surface area (Å²) >= 11 is 17.1. The van der Waals surface area contributed by atoms with Crippen LogP contribution in [-0.2, 0) is 0 Å². The first-order valence-corrected chi connectivity index (χ1v) is 12.7. The Kier molecular flexibility index (Phi) is 7.27. The summed E-state index contributed by atoms with van der Waals surface area (Å²) in [4.78, 5) is 0. The number of aliphatic hydroxyl groups is 2. The van der Waals surface area contributed by atoms with Crippen LogP contribution in [0.5, 0.6) is 0 Å². The van der Waals surface area contributed by atoms with Gasteiger partial charge in [0, 0.05) is 22.0 Å². The fraction of sp³-hybridized carbons (Fsp3) is 0.600. The maximum absolute atomic E-state index is 9.33. The number of aliphatic hydroxyl groups excluding tert-OH is 2. The molecule has 0 fully saturated rings. The second-order valence-electron chi connectivity index (χ2n) is 4.19. The molecule has 0 aromatic carbocycles. The highest BCUT2D eigenvalue weighted by Crippen LogP contribution is 2.52. The van der Waals surface area contributed by atoms with Gasteiger partial charge in [-0.2, -0.15) is 0 Å². The van der Waals surface area contributed by atoms with E-state index in [1.165, 1.54) is 15.8 Å². The lowest BCUT2D eigenvalue weighted by atomic mass is 10.5. The highest BCUT2D eigenvalue weighted by molar-refractivity contribution is 8.37. The minimum atomic E-state index is 0.219. The van der Waals surface area contributed by atoms with Gasteiger partial charge in [-0.15, -0.1) is 62.8 Å². The van der Waals surface area contributed by atoms with Gasteiger partial charge < -0.3 is 10.2 Å². The molecular weight excluding hydrogens is 423 g/mol. The van der Waals surface area contributed by atoms with Gasteiger partial charge >= 0.3 is 0 Å². The van der Waals surface area contributed by atoms with Gasteiger partial charge in [-0.3, -0.25) is 0 Å². The number of nitrogens with one attached hydrogen (secondary N) is 1. The predicted octanol–water partition coefficient (Wildman–Crippen LogP) is 2.69. The molecule has 0 saturated carbocycles. The van der Waals surface area contributed by atoms with Crippen molar-refractivity contribution >= 4 is 95.5 Å². The molecule has 21 heavy (non-hydrogen) atoms. The molecule has 0 aliphatic carbocycles. The molecule has 3 unspecified atom stereocenters. The molecule has 3 atom stereocenters. The second kappa shape index (κ2) is 8.50. The maximum Gasteiger partial charge on any atom is 0.145 e. The van der Waals surface area contributed by atoms with Crippen molar-refractivity contribution in [3.8, 4) is 0 Å². The summed E-state index contributed by atoms with van der Waals surface area (Å²) in [6.07, 6.45) is 0. The van der Waals surface area contributed by atoms with Gasteiger partial charge in [-0.25, -0.2) is 0 Å². The Bertz CT molecular complexity index is 470. The van der Waals surface area contributed by atoms with Gasteiger partial charge in [0.25, 0.3) is 0 Å². The van der Waals surface area contributed by atoms with Gasteiger partial charge in [0.1, 0.15) is 48.6 Å². The van der Waals surface area contributed by atoms with E-state index in [-0.39, 0.29) is 18.5 Å². The van der Waals surface area contributed by atoms with Crippen molar-refractivity contribution in [1.29, 1.82) is 0 Å². The zero-order valence-corrected chi connectivity index (χ0v) is 17.3. The van der Waals surface area contributed by atoms with Crippen LogP contribution in [0.4, 0.5) is 0 Å². The largest absolute Gasteiger partial charge is 0.395 e. The summed E-state index contributed by atoms with van der Waals surface area (Å²) in [6, 6.07) is 0. The van der Waals surface area contributed by atoms with Gasteiger partial charge in [0.2, 0.25) is 0 Å². The number of thiol groups is 1. The average molecular weight is 437 g/mol. The Morgan fingerprint density at radius 3 is 2.48 bits per heavy atom. The number of hydrogen-bond donors (Lipinski definition) is 4. The summed E-state index contributed by atoms with van der Waals surface area (Å²) in [5, 5.41) is 19.2. The molecular formula is C10H14NO2S8+. The molecule has 0 spiro atoms. The van der Waals surface area contributed by atoms with Crippen LogP contribution in [0, 0.1) is 0 Å². The molecule has 0 saturated heterocycles. The molecule has 0 bridgehead atoms. The van der Waals surface area contributed by atoms with Gasteiger partial charge in [0.05, 0.1) is 17.5 Å². The van der Waals surface area contributed by atoms with Crippen molar-refractivity contribution in [2.45, 2.75) is 10.5 Å². The first-order chi connectivity index (χ1) is 10.2. The standard InChI is InChI=1S/C10H13NO2S8/c12-1-5-3-15-7(14)8(17-5)19-11-20-9-10(21-11)18-6(2-13)4-16-9/h5-6,12-14H,1-4H2/p+1. The average Bonchev–Trinajstić information content (AvgIpc) is 2.90. The summed E-state index contributed by atoms with van der Waals surface area (Å²) in [5.74, 6) is 1.92. The zero-order chi connectivity index (χ0) is 14.8. The lowest BCUT2D eigenvalue weighted by Gasteiger charge is -2.21. The monoisotopic (exact) mass is 436 g/mol. The molecule has 3 rings (SSSR count). The third-order valence-corrected chi connectivity index (χ3v) is 13.8. The van der Waals surface area contributed by atoms with Gasteiger partial charge in [0.15, 0.2) is 0 Å². The van der Waals surface area contributed by atoms with Crippen LogP contribution in [0.1, 0.15) is 0 Å². The van der Waals surface area contributed by atoms with E-state index in [0.29, 0.717) is 5.25 Å². The van der Waals surface area contributed by atoms with E-state index in [9.17, 15) is 10.2 Å². The highest BCUT2D eigenvalue weighted by atomic mass is 32.3. The minimum Gasteiger partial charge on any atom is -0.395 e. The normalized spacial score (nSPS) is 33.6. The molecule has 3 N–H and O–H groups in total. The van der Waals surface area contributed by atoms with E-state index in [1.54, 1.807) is 47.2 Å². The van der Waals surface area contributed by atoms with E-state index >= 15 is 0 Å². The smallest absolute Gasteiger partial charge is 0.145 e. The summed E-state index contributed by atoms with van der Waals surface area (Å²) in [7, 11) is 0. The van der Waals surface area contributed by atoms with Crippen LogP contribution in [0.25, 0.3) is 0 Å². The quantitative estimate of drug-likeness (QED) is 0.393. The number of thioether (sulfide) groups is 4. The molecule has 0 aromatic rings. The van der Waals surface area contributed by atoms with Crippen LogP contribution < -0.4 is 3.12 Å². The molecule has 11 heteroatoms. The van der Waals surface area contributed by atoms with Crippen LogP contribution in [0.15, 0.2) is 16.9 Å². The molecule has 3 nitrogen and oxygen atoms in total. The summed E-state index contributed by atoms with van der Waals surface area (Å²) in [6.45, 7) is 0.468. The molecule has 0 aromatic heterocycles. The van der Waals surface area contributed by atoms with E-state index in [0.717, 1.165) is 15.7 Å². The van der Waals surface area contributed by atoms with Crippen molar-refractivity contribution in [2.24, 2.45) is 0 Å². The van der Waals surface area contributed by atoms with Crippen molar-refractivity contribution in [1.82, 2.24) is 0 Å². The number of rotatable bonds is 4. The van der Waals surface area contributed by atoms with Crippen molar-refractivity contribution in [3.63, 3.8) is 0 Å². The lowest BCUT2D eigenvalue weighted by molar-refractivity contribution is -0.387. The van der Waals surface area contributed by atoms with Gasteiger partial charge in [-0.1, -0.05) is 0 Å². The fourth-order valence-corrected chi connectivity index (χ4v) is 13.0. The van der Waals surface area contributed by atoms with Crippen LogP contribution in [-0.4, -0.2) is 45.4 Å². The van der Waals surface area contributed by atoms with E-state index < -0.39 is 0 Å². The molecule has 3 aliphatic heterocycles. The third kappa shape index (κ3) is 4.62. The molecule has 0 amide bonds. The molecule has 3 heterocycles. The van der Waals surface area contributed by atoms with Crippen LogP contribution >= 0.6 is 95.5 Å². The Balaban J connectivity index is 1.59. The van der Waals surface area contributed by atoms with E-state index in [2.05, 4.69) is 12.6 Å². The van der Waals surface area contributed by atoms with E-state index in [1.807, 2.05) is 35.7 Å². The number of hydrogen-bond acceptors (Lipinski definition) is 10. The Morgan fingerprint density at radius 1 is 1.05 bits per heavy atom. The van der Waals surface area contributed by atoms with Gasteiger partial charge in [-0.05, 0) is 0 Å². The summed E-state index contributed by atoms with van der Waals surface area (Å²) < 4.78 is 6.31. The Labute approximate surface area is 159 Å². The topological polar surface area (TPSA) is 44.9 Å². The second-order valence-corrected chi connectivity index (χ2v) is 14.2. The van der Waals surface area contributed by atoms with Crippen LogP contribution in [0.2, 0.25) is 0 Å². The predicted molar refractivity (Wildman–Crippen MR) is 109 cm³/mol. The SMILES string of the molecule is OCC1CSC(S)=C(S[NH+]2SC3=C(SC(CO)CS3)S2)S1. The molecule has 3 aliphatic rings. The molecule has 118 valence electrons. The lowest BCUT2D eigenvalue weighted by Crippen LogP contribution is -2.89. The highest BCUT2D eigenvalue weighted by Gasteiger charge is 2.39. The summed E-state index contributed by atoms with van der Waals surface area (Å²) in [5.41, 5.74) is 0. The van der Waals surface area contributed by atoms with Crippen molar-refractivity contribution in [2.75, 3.05) is 24.7 Å². The minimum absolute atomic E-state index is 0.219. The van der Waals surface area contributed by atoms with Crippen molar-refractivity contribution in [3.05, 3.63) is 16.9 Å². The first-order valence-electron chi connectivity index (χ1n) is 6.08. The fourth-order valence-electron chi connectivity index (χ4n) is 1.60. The van der Waals surface area contributed by atoms with Crippen molar-refractivity contribution < 1.29 is 13.3 Å². The Hall–Kier alpha value is 2.16. The Morgan fingerprint density at radius 2 is 1.71 bits per heavy atom. The van der Waals surface area contributed by atoms with E-state index in [4.69, 9.17) is 0 Å². The molecule has 0 radical (unpaired) electrons.